The fourth-order valence-electron chi connectivity index (χ4n) is 1.22. The molecule has 0 bridgehead atoms. The molecule has 0 unspecified atom stereocenters. The van der Waals surface area contributed by atoms with Crippen LogP contribution in [0.5, 0.6) is 0 Å². The van der Waals surface area contributed by atoms with E-state index in [-0.39, 0.29) is 18.3 Å². The van der Waals surface area contributed by atoms with Crippen LogP contribution in [0.2, 0.25) is 0 Å². The average Bonchev–Trinajstić information content (AvgIpc) is 2.21. The maximum absolute atomic E-state index is 13.1. The first-order valence-corrected chi connectivity index (χ1v) is 4.73. The Morgan fingerprint density at radius 1 is 1.47 bits per heavy atom. The van der Waals surface area contributed by atoms with Crippen molar-refractivity contribution in [1.82, 2.24) is 5.32 Å². The van der Waals surface area contributed by atoms with E-state index in [1.54, 1.807) is 18.2 Å². The lowest BCUT2D eigenvalue weighted by Gasteiger charge is -2.05. The van der Waals surface area contributed by atoms with Crippen molar-refractivity contribution < 1.29 is 13.9 Å². The molecule has 0 aliphatic rings. The van der Waals surface area contributed by atoms with E-state index >= 15 is 0 Å². The predicted octanol–water partition coefficient (Wildman–Crippen LogP) is 1.13. The summed E-state index contributed by atoms with van der Waals surface area (Å²) in [5.74, 6) is -0.424. The van der Waals surface area contributed by atoms with Crippen LogP contribution in [-0.4, -0.2) is 26.2 Å². The summed E-state index contributed by atoms with van der Waals surface area (Å²) in [7, 11) is 1.45. The van der Waals surface area contributed by atoms with Crippen LogP contribution in [0.1, 0.15) is 5.56 Å². The summed E-state index contributed by atoms with van der Waals surface area (Å²) < 4.78 is 17.8. The molecule has 0 aliphatic heterocycles. The normalized spacial score (nSPS) is 10.0. The fraction of sp³-hybridized carbons (Fsp3) is 0.364. The summed E-state index contributed by atoms with van der Waals surface area (Å²) in [4.78, 5) is 11.0. The van der Waals surface area contributed by atoms with Gasteiger partial charge in [0.1, 0.15) is 12.4 Å². The van der Waals surface area contributed by atoms with E-state index in [2.05, 4.69) is 10.1 Å². The number of hydrogen-bond acceptors (Lipinski definition) is 2. The van der Waals surface area contributed by atoms with Crippen LogP contribution >= 0.6 is 0 Å². The Bertz CT molecular complexity index is 328. The summed E-state index contributed by atoms with van der Waals surface area (Å²) >= 11 is 0. The van der Waals surface area contributed by atoms with E-state index < -0.39 is 0 Å². The SMILES string of the molecule is COCC(=O)NCCc1ccccc1F. The Balaban J connectivity index is 2.32. The van der Waals surface area contributed by atoms with Crippen molar-refractivity contribution in [3.05, 3.63) is 35.6 Å². The summed E-state index contributed by atoms with van der Waals surface area (Å²) in [5, 5.41) is 2.63. The Morgan fingerprint density at radius 3 is 2.87 bits per heavy atom. The van der Waals surface area contributed by atoms with E-state index in [1.165, 1.54) is 13.2 Å². The van der Waals surface area contributed by atoms with E-state index in [1.807, 2.05) is 0 Å². The van der Waals surface area contributed by atoms with Crippen LogP contribution in [-0.2, 0) is 16.0 Å². The zero-order valence-corrected chi connectivity index (χ0v) is 8.63. The number of methoxy groups -OCH3 is 1. The van der Waals surface area contributed by atoms with Gasteiger partial charge in [-0.15, -0.1) is 0 Å². The van der Waals surface area contributed by atoms with Crippen LogP contribution in [0.4, 0.5) is 4.39 Å². The molecule has 0 saturated heterocycles. The highest BCUT2D eigenvalue weighted by atomic mass is 19.1. The van der Waals surface area contributed by atoms with Crippen molar-refractivity contribution in [2.75, 3.05) is 20.3 Å². The van der Waals surface area contributed by atoms with Gasteiger partial charge in [-0.2, -0.15) is 0 Å². The molecule has 15 heavy (non-hydrogen) atoms. The minimum absolute atomic E-state index is 0.0390. The summed E-state index contributed by atoms with van der Waals surface area (Å²) in [5.41, 5.74) is 0.607. The quantitative estimate of drug-likeness (QED) is 0.793. The molecule has 1 aromatic rings. The first kappa shape index (κ1) is 11.7. The summed E-state index contributed by atoms with van der Waals surface area (Å²) in [6.45, 7) is 0.459. The van der Waals surface area contributed by atoms with Gasteiger partial charge in [0.25, 0.3) is 0 Å². The molecule has 0 atom stereocenters. The highest BCUT2D eigenvalue weighted by molar-refractivity contribution is 5.77. The standard InChI is InChI=1S/C11H14FNO2/c1-15-8-11(14)13-7-6-9-4-2-3-5-10(9)12/h2-5H,6-8H2,1H3,(H,13,14). The largest absolute Gasteiger partial charge is 0.375 e. The zero-order chi connectivity index (χ0) is 11.1. The lowest BCUT2D eigenvalue weighted by atomic mass is 10.1. The van der Waals surface area contributed by atoms with Crippen LogP contribution in [0, 0.1) is 5.82 Å². The fourth-order valence-corrected chi connectivity index (χ4v) is 1.22. The van der Waals surface area contributed by atoms with E-state index in [9.17, 15) is 9.18 Å². The predicted molar refractivity (Wildman–Crippen MR) is 55.0 cm³/mol. The number of carbonyl (C=O) groups excluding carboxylic acids is 1. The van der Waals surface area contributed by atoms with Gasteiger partial charge in [-0.3, -0.25) is 4.79 Å². The Hall–Kier alpha value is -1.42. The maximum Gasteiger partial charge on any atom is 0.245 e. The van der Waals surface area contributed by atoms with Crippen LogP contribution in [0.15, 0.2) is 24.3 Å². The Morgan fingerprint density at radius 2 is 2.20 bits per heavy atom. The number of nitrogens with one attached hydrogen (secondary N) is 1. The molecule has 0 saturated carbocycles. The number of ether oxygens (including phenoxy) is 1. The maximum atomic E-state index is 13.1. The summed E-state index contributed by atoms with van der Waals surface area (Å²) in [6.07, 6.45) is 0.488. The molecule has 0 spiro atoms. The van der Waals surface area contributed by atoms with Gasteiger partial charge in [-0.25, -0.2) is 4.39 Å². The molecule has 82 valence electrons. The first-order valence-electron chi connectivity index (χ1n) is 4.73. The van der Waals surface area contributed by atoms with Gasteiger partial charge in [0.05, 0.1) is 0 Å². The third-order valence-electron chi connectivity index (χ3n) is 1.95. The van der Waals surface area contributed by atoms with Crippen molar-refractivity contribution in [3.63, 3.8) is 0 Å². The second-order valence-corrected chi connectivity index (χ2v) is 3.12. The molecular weight excluding hydrogens is 197 g/mol. The molecule has 1 rings (SSSR count). The van der Waals surface area contributed by atoms with Crippen LogP contribution in [0.3, 0.4) is 0 Å². The first-order chi connectivity index (χ1) is 7.24. The second kappa shape index (κ2) is 6.14. The topological polar surface area (TPSA) is 38.3 Å². The number of hydrogen-bond donors (Lipinski definition) is 1. The lowest BCUT2D eigenvalue weighted by Crippen LogP contribution is -2.29. The molecule has 0 aliphatic carbocycles. The Labute approximate surface area is 88.2 Å². The molecule has 1 N–H and O–H groups in total. The monoisotopic (exact) mass is 211 g/mol. The minimum atomic E-state index is -0.238. The number of halogens is 1. The van der Waals surface area contributed by atoms with Gasteiger partial charge in [0, 0.05) is 13.7 Å². The number of rotatable bonds is 5. The highest BCUT2D eigenvalue weighted by Crippen LogP contribution is 2.05. The molecule has 3 nitrogen and oxygen atoms in total. The number of amides is 1. The lowest BCUT2D eigenvalue weighted by molar-refractivity contribution is -0.124. The zero-order valence-electron chi connectivity index (χ0n) is 8.63. The molecular formula is C11H14FNO2. The van der Waals surface area contributed by atoms with Gasteiger partial charge in [-0.05, 0) is 18.1 Å². The Kier molecular flexibility index (Phi) is 4.77. The molecule has 0 fully saturated rings. The number of carbonyl (C=O) groups is 1. The van der Waals surface area contributed by atoms with E-state index in [0.29, 0.717) is 18.5 Å². The van der Waals surface area contributed by atoms with Gasteiger partial charge in [0.2, 0.25) is 5.91 Å². The van der Waals surface area contributed by atoms with Crippen molar-refractivity contribution in [2.45, 2.75) is 6.42 Å². The molecule has 0 heterocycles. The van der Waals surface area contributed by atoms with Gasteiger partial charge in [-0.1, -0.05) is 18.2 Å². The summed E-state index contributed by atoms with van der Waals surface area (Å²) in [6, 6.07) is 6.53. The average molecular weight is 211 g/mol. The van der Waals surface area contributed by atoms with Gasteiger partial charge >= 0.3 is 0 Å². The van der Waals surface area contributed by atoms with Crippen molar-refractivity contribution in [3.8, 4) is 0 Å². The van der Waals surface area contributed by atoms with Crippen LogP contribution in [0.25, 0.3) is 0 Å². The molecule has 0 radical (unpaired) electrons. The van der Waals surface area contributed by atoms with Gasteiger partial charge < -0.3 is 10.1 Å². The van der Waals surface area contributed by atoms with Crippen molar-refractivity contribution >= 4 is 5.91 Å². The third-order valence-corrected chi connectivity index (χ3v) is 1.95. The molecule has 1 aromatic carbocycles. The van der Waals surface area contributed by atoms with E-state index in [0.717, 1.165) is 0 Å². The van der Waals surface area contributed by atoms with Crippen molar-refractivity contribution in [2.24, 2.45) is 0 Å². The molecule has 1 amide bonds. The van der Waals surface area contributed by atoms with Crippen LogP contribution < -0.4 is 5.32 Å². The molecule has 4 heteroatoms. The van der Waals surface area contributed by atoms with Crippen molar-refractivity contribution in [1.29, 1.82) is 0 Å². The third kappa shape index (κ3) is 4.08. The van der Waals surface area contributed by atoms with E-state index in [4.69, 9.17) is 0 Å². The highest BCUT2D eigenvalue weighted by Gasteiger charge is 2.02. The smallest absolute Gasteiger partial charge is 0.245 e. The second-order valence-electron chi connectivity index (χ2n) is 3.12. The number of benzene rings is 1. The van der Waals surface area contributed by atoms with Gasteiger partial charge in [0.15, 0.2) is 0 Å². The minimum Gasteiger partial charge on any atom is -0.375 e. The molecule has 0 aromatic heterocycles.